The smallest absolute Gasteiger partial charge is 0.0277 e. The van der Waals surface area contributed by atoms with Crippen molar-refractivity contribution in [3.05, 3.63) is 11.6 Å². The van der Waals surface area contributed by atoms with Crippen LogP contribution in [0.4, 0.5) is 0 Å². The molecule has 0 fully saturated rings. The van der Waals surface area contributed by atoms with Gasteiger partial charge in [-0.1, -0.05) is 40.7 Å². The highest BCUT2D eigenvalue weighted by atomic mass is 14.6. The lowest BCUT2D eigenvalue weighted by molar-refractivity contribution is 0.253. The van der Waals surface area contributed by atoms with Crippen LogP contribution in [0.5, 0.6) is 0 Å². The summed E-state index contributed by atoms with van der Waals surface area (Å²) in [7, 11) is 1.83. The standard InChI is InChI=1S/C13H25N/c1-7-12(10-14-6)8-9-13(4,5)11(2)3/h8,10-11H,7,9H2,1-6H3/b12-8-,14-10-. The quantitative estimate of drug-likeness (QED) is 0.586. The summed E-state index contributed by atoms with van der Waals surface area (Å²) in [6, 6.07) is 0. The highest BCUT2D eigenvalue weighted by Gasteiger charge is 2.20. The van der Waals surface area contributed by atoms with E-state index in [0.29, 0.717) is 5.41 Å². The van der Waals surface area contributed by atoms with E-state index in [4.69, 9.17) is 0 Å². The van der Waals surface area contributed by atoms with E-state index in [0.717, 1.165) is 18.8 Å². The minimum atomic E-state index is 0.391. The number of rotatable bonds is 5. The zero-order chi connectivity index (χ0) is 11.2. The molecule has 0 heterocycles. The van der Waals surface area contributed by atoms with Crippen LogP contribution < -0.4 is 0 Å². The second kappa shape index (κ2) is 6.00. The molecule has 0 unspecified atom stereocenters. The monoisotopic (exact) mass is 195 g/mol. The zero-order valence-electron chi connectivity index (χ0n) is 10.6. The molecule has 0 saturated heterocycles. The normalized spacial score (nSPS) is 14.4. The maximum absolute atomic E-state index is 4.06. The largest absolute Gasteiger partial charge is 0.296 e. The van der Waals surface area contributed by atoms with E-state index < -0.39 is 0 Å². The molecule has 0 aliphatic carbocycles. The van der Waals surface area contributed by atoms with E-state index in [1.54, 1.807) is 0 Å². The van der Waals surface area contributed by atoms with E-state index >= 15 is 0 Å². The Morgan fingerprint density at radius 2 is 1.93 bits per heavy atom. The molecule has 82 valence electrons. The molecule has 0 spiro atoms. The molecule has 14 heavy (non-hydrogen) atoms. The second-order valence-electron chi connectivity index (χ2n) is 4.87. The molecule has 1 nitrogen and oxygen atoms in total. The molecule has 1 heteroatoms. The van der Waals surface area contributed by atoms with Gasteiger partial charge in [0.05, 0.1) is 0 Å². The number of nitrogens with zero attached hydrogens (tertiary/aromatic N) is 1. The number of hydrogen-bond acceptors (Lipinski definition) is 1. The molecule has 0 aliphatic heterocycles. The van der Waals surface area contributed by atoms with Crippen molar-refractivity contribution in [3.63, 3.8) is 0 Å². The molecule has 0 aliphatic rings. The van der Waals surface area contributed by atoms with Crippen LogP contribution in [-0.2, 0) is 0 Å². The molecular formula is C13H25N. The highest BCUT2D eigenvalue weighted by Crippen LogP contribution is 2.30. The Morgan fingerprint density at radius 1 is 1.36 bits per heavy atom. The molecule has 0 aromatic carbocycles. The van der Waals surface area contributed by atoms with Crippen molar-refractivity contribution in [2.75, 3.05) is 7.05 Å². The molecule has 0 radical (unpaired) electrons. The predicted octanol–water partition coefficient (Wildman–Crippen LogP) is 4.10. The Labute approximate surface area is 89.3 Å². The Hall–Kier alpha value is -0.590. The van der Waals surface area contributed by atoms with Gasteiger partial charge < -0.3 is 0 Å². The van der Waals surface area contributed by atoms with Crippen molar-refractivity contribution in [2.45, 2.75) is 47.5 Å². The molecule has 0 saturated carbocycles. The van der Waals surface area contributed by atoms with Crippen LogP contribution in [0.2, 0.25) is 0 Å². The van der Waals surface area contributed by atoms with Gasteiger partial charge in [0.2, 0.25) is 0 Å². The van der Waals surface area contributed by atoms with Crippen LogP contribution in [-0.4, -0.2) is 13.3 Å². The minimum Gasteiger partial charge on any atom is -0.296 e. The first-order valence-electron chi connectivity index (χ1n) is 5.55. The van der Waals surface area contributed by atoms with Crippen LogP contribution in [0.25, 0.3) is 0 Å². The molecule has 0 bridgehead atoms. The van der Waals surface area contributed by atoms with Crippen molar-refractivity contribution in [3.8, 4) is 0 Å². The summed E-state index contributed by atoms with van der Waals surface area (Å²) >= 11 is 0. The summed E-state index contributed by atoms with van der Waals surface area (Å²) < 4.78 is 0. The summed E-state index contributed by atoms with van der Waals surface area (Å²) in [4.78, 5) is 4.06. The van der Waals surface area contributed by atoms with E-state index in [1.807, 2.05) is 13.3 Å². The Morgan fingerprint density at radius 3 is 2.29 bits per heavy atom. The number of aliphatic imine (C=N–C) groups is 1. The summed E-state index contributed by atoms with van der Waals surface area (Å²) in [5.41, 5.74) is 1.74. The van der Waals surface area contributed by atoms with Gasteiger partial charge in [0.15, 0.2) is 0 Å². The van der Waals surface area contributed by atoms with Crippen LogP contribution in [0.15, 0.2) is 16.6 Å². The Kier molecular flexibility index (Phi) is 5.75. The lowest BCUT2D eigenvalue weighted by atomic mass is 9.78. The van der Waals surface area contributed by atoms with Gasteiger partial charge in [-0.05, 0) is 29.7 Å². The third kappa shape index (κ3) is 4.59. The van der Waals surface area contributed by atoms with Gasteiger partial charge in [-0.2, -0.15) is 0 Å². The predicted molar refractivity (Wildman–Crippen MR) is 66.0 cm³/mol. The first-order valence-corrected chi connectivity index (χ1v) is 5.55. The van der Waals surface area contributed by atoms with Gasteiger partial charge in [-0.3, -0.25) is 4.99 Å². The molecule has 0 atom stereocenters. The molecule has 0 N–H and O–H groups in total. The average molecular weight is 195 g/mol. The number of hydrogen-bond donors (Lipinski definition) is 0. The first-order chi connectivity index (χ1) is 6.44. The van der Waals surface area contributed by atoms with Gasteiger partial charge in [0, 0.05) is 13.3 Å². The van der Waals surface area contributed by atoms with Crippen LogP contribution >= 0.6 is 0 Å². The summed E-state index contributed by atoms with van der Waals surface area (Å²) in [5.74, 6) is 0.718. The fourth-order valence-electron chi connectivity index (χ4n) is 1.08. The van der Waals surface area contributed by atoms with Crippen LogP contribution in [0.3, 0.4) is 0 Å². The van der Waals surface area contributed by atoms with Gasteiger partial charge in [-0.25, -0.2) is 0 Å². The van der Waals surface area contributed by atoms with E-state index in [9.17, 15) is 0 Å². The molecule has 0 aromatic rings. The van der Waals surface area contributed by atoms with E-state index in [1.165, 1.54) is 5.57 Å². The fraction of sp³-hybridized carbons (Fsp3) is 0.769. The van der Waals surface area contributed by atoms with Crippen LogP contribution in [0, 0.1) is 11.3 Å². The number of allylic oxidation sites excluding steroid dienone is 2. The third-order valence-corrected chi connectivity index (χ3v) is 3.16. The Balaban J connectivity index is 4.38. The topological polar surface area (TPSA) is 12.4 Å². The van der Waals surface area contributed by atoms with Crippen molar-refractivity contribution < 1.29 is 0 Å². The highest BCUT2D eigenvalue weighted by molar-refractivity contribution is 5.78. The maximum Gasteiger partial charge on any atom is 0.0277 e. The average Bonchev–Trinajstić information content (AvgIpc) is 2.12. The van der Waals surface area contributed by atoms with E-state index in [2.05, 4.69) is 45.7 Å². The summed E-state index contributed by atoms with van der Waals surface area (Å²) in [6.45, 7) is 11.4. The van der Waals surface area contributed by atoms with Crippen molar-refractivity contribution in [1.29, 1.82) is 0 Å². The van der Waals surface area contributed by atoms with Gasteiger partial charge >= 0.3 is 0 Å². The lowest BCUT2D eigenvalue weighted by Gasteiger charge is -2.28. The van der Waals surface area contributed by atoms with Crippen molar-refractivity contribution in [1.82, 2.24) is 0 Å². The van der Waals surface area contributed by atoms with Crippen LogP contribution in [0.1, 0.15) is 47.5 Å². The van der Waals surface area contributed by atoms with E-state index in [-0.39, 0.29) is 0 Å². The lowest BCUT2D eigenvalue weighted by Crippen LogP contribution is -2.18. The van der Waals surface area contributed by atoms with Crippen molar-refractivity contribution >= 4 is 6.21 Å². The van der Waals surface area contributed by atoms with Crippen molar-refractivity contribution in [2.24, 2.45) is 16.3 Å². The molecule has 0 rings (SSSR count). The molecule has 0 aromatic heterocycles. The van der Waals surface area contributed by atoms with Gasteiger partial charge in [0.1, 0.15) is 0 Å². The molecular weight excluding hydrogens is 170 g/mol. The SMILES string of the molecule is CCC(/C=N\C)=C/CC(C)(C)C(C)C. The zero-order valence-corrected chi connectivity index (χ0v) is 10.6. The molecule has 0 amide bonds. The van der Waals surface area contributed by atoms with Gasteiger partial charge in [-0.15, -0.1) is 0 Å². The summed E-state index contributed by atoms with van der Waals surface area (Å²) in [5, 5.41) is 0. The second-order valence-corrected chi connectivity index (χ2v) is 4.87. The Bertz CT molecular complexity index is 209. The summed E-state index contributed by atoms with van der Waals surface area (Å²) in [6.07, 6.45) is 6.51. The van der Waals surface area contributed by atoms with Gasteiger partial charge in [0.25, 0.3) is 0 Å². The first kappa shape index (κ1) is 13.4. The minimum absolute atomic E-state index is 0.391. The third-order valence-electron chi connectivity index (χ3n) is 3.16. The fourth-order valence-corrected chi connectivity index (χ4v) is 1.08. The maximum atomic E-state index is 4.06.